The molecule has 134 valence electrons. The lowest BCUT2D eigenvalue weighted by atomic mass is 9.90. The summed E-state index contributed by atoms with van der Waals surface area (Å²) in [7, 11) is 0. The van der Waals surface area contributed by atoms with Gasteiger partial charge in [-0.3, -0.25) is 9.59 Å². The molecule has 6 nitrogen and oxygen atoms in total. The zero-order chi connectivity index (χ0) is 18.0. The molecule has 0 radical (unpaired) electrons. The van der Waals surface area contributed by atoms with Gasteiger partial charge in [-0.1, -0.05) is 12.1 Å². The number of fused-ring (bicyclic) bond motifs is 1. The molecule has 1 saturated heterocycles. The van der Waals surface area contributed by atoms with Crippen LogP contribution in [0.4, 0.5) is 0 Å². The molecule has 3 rings (SSSR count). The fourth-order valence-electron chi connectivity index (χ4n) is 3.26. The van der Waals surface area contributed by atoms with Crippen molar-refractivity contribution in [2.45, 2.75) is 38.8 Å². The van der Waals surface area contributed by atoms with Crippen LogP contribution in [0.5, 0.6) is 0 Å². The number of para-hydroxylation sites is 1. The molecule has 0 saturated carbocycles. The van der Waals surface area contributed by atoms with E-state index < -0.39 is 6.04 Å². The average molecular weight is 360 g/mol. The Hall–Kier alpha value is -1.99. The highest BCUT2D eigenvalue weighted by Crippen LogP contribution is 2.24. The summed E-state index contributed by atoms with van der Waals surface area (Å²) in [5, 5.41) is 3.57. The first-order chi connectivity index (χ1) is 12.0. The Kier molecular flexibility index (Phi) is 5.34. The van der Waals surface area contributed by atoms with E-state index in [2.05, 4.69) is 10.3 Å². The number of aromatic nitrogens is 1. The Morgan fingerprint density at radius 1 is 1.28 bits per heavy atom. The molecule has 2 heterocycles. The van der Waals surface area contributed by atoms with E-state index in [0.29, 0.717) is 24.0 Å². The Balaban J connectivity index is 1.56. The molecule has 2 atom stereocenters. The highest BCUT2D eigenvalue weighted by Gasteiger charge is 2.28. The molecule has 1 fully saturated rings. The lowest BCUT2D eigenvalue weighted by Crippen LogP contribution is -2.49. The van der Waals surface area contributed by atoms with Gasteiger partial charge < -0.3 is 16.0 Å². The molecular formula is C18H24N4O2S. The minimum atomic E-state index is -0.451. The number of nitrogens with one attached hydrogen (secondary N) is 1. The van der Waals surface area contributed by atoms with Crippen molar-refractivity contribution in [1.82, 2.24) is 15.2 Å². The lowest BCUT2D eigenvalue weighted by molar-refractivity contribution is -0.133. The van der Waals surface area contributed by atoms with Crippen molar-refractivity contribution in [1.29, 1.82) is 0 Å². The third kappa shape index (κ3) is 3.99. The van der Waals surface area contributed by atoms with Gasteiger partial charge in [0.1, 0.15) is 0 Å². The fourth-order valence-corrected chi connectivity index (χ4v) is 4.13. The molecule has 25 heavy (non-hydrogen) atoms. The maximum atomic E-state index is 12.5. The van der Waals surface area contributed by atoms with E-state index in [1.807, 2.05) is 36.1 Å². The van der Waals surface area contributed by atoms with E-state index in [1.54, 1.807) is 6.92 Å². The van der Waals surface area contributed by atoms with Gasteiger partial charge in [-0.25, -0.2) is 4.98 Å². The van der Waals surface area contributed by atoms with Crippen LogP contribution in [0.3, 0.4) is 0 Å². The van der Waals surface area contributed by atoms with Crippen LogP contribution < -0.4 is 11.1 Å². The second-order valence-corrected chi connectivity index (χ2v) is 7.73. The van der Waals surface area contributed by atoms with E-state index in [9.17, 15) is 9.59 Å². The lowest BCUT2D eigenvalue weighted by Gasteiger charge is -2.35. The molecule has 1 aliphatic rings. The third-order valence-electron chi connectivity index (χ3n) is 4.79. The molecule has 0 bridgehead atoms. The highest BCUT2D eigenvalue weighted by molar-refractivity contribution is 7.20. The van der Waals surface area contributed by atoms with Crippen molar-refractivity contribution in [3.8, 4) is 0 Å². The molecule has 1 aromatic carbocycles. The van der Waals surface area contributed by atoms with E-state index in [4.69, 9.17) is 5.73 Å². The van der Waals surface area contributed by atoms with Crippen molar-refractivity contribution in [3.05, 3.63) is 29.3 Å². The Morgan fingerprint density at radius 3 is 2.60 bits per heavy atom. The number of nitrogens with zero attached hydrogens (tertiary/aromatic N) is 2. The first-order valence-electron chi connectivity index (χ1n) is 8.66. The summed E-state index contributed by atoms with van der Waals surface area (Å²) in [4.78, 5) is 30.7. The van der Waals surface area contributed by atoms with Crippen molar-refractivity contribution in [2.24, 2.45) is 11.7 Å². The molecule has 1 aliphatic heterocycles. The molecular weight excluding hydrogens is 336 g/mol. The fraction of sp³-hybridized carbons (Fsp3) is 0.500. The van der Waals surface area contributed by atoms with Gasteiger partial charge in [0.15, 0.2) is 5.01 Å². The smallest absolute Gasteiger partial charge is 0.280 e. The number of benzene rings is 1. The standard InChI is InChI=1S/C18H24N4O2S/c1-11(19)18(24)22-9-7-13(8-10-22)12(2)20-16(23)17-21-14-5-3-4-6-15(14)25-17/h3-6,11-13H,7-10,19H2,1-2H3,(H,20,23)/t11-,12?/m0/s1. The zero-order valence-electron chi connectivity index (χ0n) is 14.6. The van der Waals surface area contributed by atoms with Crippen LogP contribution in [0.2, 0.25) is 0 Å². The summed E-state index contributed by atoms with van der Waals surface area (Å²) < 4.78 is 1.02. The monoisotopic (exact) mass is 360 g/mol. The zero-order valence-corrected chi connectivity index (χ0v) is 15.4. The van der Waals surface area contributed by atoms with Crippen LogP contribution in [0.1, 0.15) is 36.5 Å². The predicted molar refractivity (Wildman–Crippen MR) is 99.5 cm³/mol. The molecule has 3 N–H and O–H groups in total. The number of amides is 2. The maximum absolute atomic E-state index is 12.5. The Labute approximate surface area is 151 Å². The number of nitrogens with two attached hydrogens (primary N) is 1. The van der Waals surface area contributed by atoms with E-state index in [-0.39, 0.29) is 17.9 Å². The van der Waals surface area contributed by atoms with Gasteiger partial charge in [0.2, 0.25) is 5.91 Å². The normalized spacial score (nSPS) is 18.1. The number of likely N-dealkylation sites (tertiary alicyclic amines) is 1. The van der Waals surface area contributed by atoms with Gasteiger partial charge in [0, 0.05) is 19.1 Å². The maximum Gasteiger partial charge on any atom is 0.280 e. The van der Waals surface area contributed by atoms with Gasteiger partial charge in [0.25, 0.3) is 5.91 Å². The number of hydrogen-bond acceptors (Lipinski definition) is 5. The molecule has 0 spiro atoms. The van der Waals surface area contributed by atoms with Crippen LogP contribution in [0.15, 0.2) is 24.3 Å². The third-order valence-corrected chi connectivity index (χ3v) is 5.83. The van der Waals surface area contributed by atoms with E-state index in [0.717, 1.165) is 23.1 Å². The number of hydrogen-bond donors (Lipinski definition) is 2. The number of rotatable bonds is 4. The van der Waals surface area contributed by atoms with Crippen LogP contribution in [-0.2, 0) is 4.79 Å². The van der Waals surface area contributed by atoms with Gasteiger partial charge >= 0.3 is 0 Å². The summed E-state index contributed by atoms with van der Waals surface area (Å²) >= 11 is 1.41. The van der Waals surface area contributed by atoms with Crippen molar-refractivity contribution >= 4 is 33.4 Å². The van der Waals surface area contributed by atoms with Crippen molar-refractivity contribution in [2.75, 3.05) is 13.1 Å². The Morgan fingerprint density at radius 2 is 1.96 bits per heavy atom. The quantitative estimate of drug-likeness (QED) is 0.873. The minimum Gasteiger partial charge on any atom is -0.347 e. The molecule has 1 aromatic heterocycles. The van der Waals surface area contributed by atoms with Gasteiger partial charge in [0.05, 0.1) is 16.3 Å². The van der Waals surface area contributed by atoms with Crippen molar-refractivity contribution in [3.63, 3.8) is 0 Å². The van der Waals surface area contributed by atoms with E-state index in [1.165, 1.54) is 11.3 Å². The number of carbonyl (C=O) groups is 2. The van der Waals surface area contributed by atoms with Crippen molar-refractivity contribution < 1.29 is 9.59 Å². The summed E-state index contributed by atoms with van der Waals surface area (Å²) in [6.07, 6.45) is 1.75. The van der Waals surface area contributed by atoms with Crippen LogP contribution in [0, 0.1) is 5.92 Å². The Bertz CT molecular complexity index is 732. The second kappa shape index (κ2) is 7.49. The molecule has 1 unspecified atom stereocenters. The number of carbonyl (C=O) groups excluding carboxylic acids is 2. The second-order valence-electron chi connectivity index (χ2n) is 6.70. The first kappa shape index (κ1) is 17.8. The number of piperidine rings is 1. The molecule has 2 aromatic rings. The van der Waals surface area contributed by atoms with Gasteiger partial charge in [-0.15, -0.1) is 11.3 Å². The number of thiazole rings is 1. The summed E-state index contributed by atoms with van der Waals surface area (Å²) in [5.74, 6) is 0.239. The predicted octanol–water partition coefficient (Wildman–Crippen LogP) is 2.00. The highest BCUT2D eigenvalue weighted by atomic mass is 32.1. The SMILES string of the molecule is CC(NC(=O)c1nc2ccccc2s1)C1CCN(C(=O)[C@H](C)N)CC1. The van der Waals surface area contributed by atoms with Gasteiger partial charge in [-0.05, 0) is 44.7 Å². The van der Waals surface area contributed by atoms with E-state index >= 15 is 0 Å². The topological polar surface area (TPSA) is 88.3 Å². The van der Waals surface area contributed by atoms with Crippen LogP contribution in [0.25, 0.3) is 10.2 Å². The minimum absolute atomic E-state index is 0.00427. The van der Waals surface area contributed by atoms with Crippen LogP contribution in [-0.4, -0.2) is 46.9 Å². The molecule has 0 aliphatic carbocycles. The summed E-state index contributed by atoms with van der Waals surface area (Å²) in [5.41, 5.74) is 6.52. The molecule has 7 heteroatoms. The van der Waals surface area contributed by atoms with Crippen LogP contribution >= 0.6 is 11.3 Å². The first-order valence-corrected chi connectivity index (χ1v) is 9.48. The summed E-state index contributed by atoms with van der Waals surface area (Å²) in [6.45, 7) is 5.15. The average Bonchev–Trinajstić information content (AvgIpc) is 3.05. The largest absolute Gasteiger partial charge is 0.347 e. The van der Waals surface area contributed by atoms with Gasteiger partial charge in [-0.2, -0.15) is 0 Å². The summed E-state index contributed by atoms with van der Waals surface area (Å²) in [6, 6.07) is 7.35. The molecule has 2 amide bonds.